The molecular formula is C20H27ClN4O2S. The number of aromatic nitrogens is 1. The van der Waals surface area contributed by atoms with Gasteiger partial charge in [0.15, 0.2) is 0 Å². The van der Waals surface area contributed by atoms with E-state index in [1.165, 1.54) is 16.1 Å². The summed E-state index contributed by atoms with van der Waals surface area (Å²) < 4.78 is 26.6. The van der Waals surface area contributed by atoms with Crippen LogP contribution in [0.1, 0.15) is 19.4 Å². The number of hydrogen-bond donors (Lipinski definition) is 0. The first kappa shape index (κ1) is 21.0. The molecule has 0 radical (unpaired) electrons. The van der Waals surface area contributed by atoms with Crippen molar-refractivity contribution in [3.8, 4) is 0 Å². The summed E-state index contributed by atoms with van der Waals surface area (Å²) in [6.45, 7) is 9.03. The van der Waals surface area contributed by atoms with Crippen molar-refractivity contribution in [3.05, 3.63) is 53.2 Å². The summed E-state index contributed by atoms with van der Waals surface area (Å²) in [7, 11) is -3.46. The van der Waals surface area contributed by atoms with E-state index in [9.17, 15) is 8.42 Å². The number of rotatable bonds is 7. The van der Waals surface area contributed by atoms with E-state index in [0.29, 0.717) is 13.1 Å². The van der Waals surface area contributed by atoms with E-state index in [2.05, 4.69) is 20.9 Å². The van der Waals surface area contributed by atoms with Gasteiger partial charge in [-0.3, -0.25) is 4.90 Å². The summed E-state index contributed by atoms with van der Waals surface area (Å²) in [6, 6.07) is 11.4. The molecule has 2 aromatic rings. The Hall–Kier alpha value is -1.67. The third kappa shape index (κ3) is 4.84. The van der Waals surface area contributed by atoms with Crippen LogP contribution >= 0.6 is 11.6 Å². The maximum atomic E-state index is 12.6. The minimum atomic E-state index is -3.46. The predicted molar refractivity (Wildman–Crippen MR) is 113 cm³/mol. The van der Waals surface area contributed by atoms with E-state index in [1.807, 2.05) is 38.1 Å². The van der Waals surface area contributed by atoms with Gasteiger partial charge >= 0.3 is 0 Å². The molecule has 1 aromatic heterocycles. The number of piperazine rings is 1. The second-order valence-corrected chi connectivity index (χ2v) is 9.21. The lowest BCUT2D eigenvalue weighted by Gasteiger charge is -2.35. The molecule has 0 spiro atoms. The van der Waals surface area contributed by atoms with Gasteiger partial charge in [0.05, 0.1) is 0 Å². The molecule has 2 heterocycles. The summed E-state index contributed by atoms with van der Waals surface area (Å²) in [5, 5.41) is 0.764. The van der Waals surface area contributed by atoms with Crippen LogP contribution in [0.5, 0.6) is 0 Å². The topological polar surface area (TPSA) is 56.8 Å². The van der Waals surface area contributed by atoms with Gasteiger partial charge in [0.2, 0.25) is 10.0 Å². The molecule has 0 atom stereocenters. The first-order valence-corrected chi connectivity index (χ1v) is 11.4. The third-order valence-electron chi connectivity index (χ3n) is 5.06. The summed E-state index contributed by atoms with van der Waals surface area (Å²) in [4.78, 5) is 9.26. The summed E-state index contributed by atoms with van der Waals surface area (Å²) in [5.74, 6) is 0.820. The molecular weight excluding hydrogens is 396 g/mol. The predicted octanol–water partition coefficient (Wildman–Crippen LogP) is 3.09. The Balaban J connectivity index is 1.60. The third-order valence-corrected chi connectivity index (χ3v) is 7.32. The van der Waals surface area contributed by atoms with Crippen LogP contribution in [0.2, 0.25) is 5.02 Å². The van der Waals surface area contributed by atoms with E-state index in [-0.39, 0.29) is 4.90 Å². The number of pyridine rings is 1. The maximum Gasteiger partial charge on any atom is 0.244 e. The number of anilines is 1. The second kappa shape index (κ2) is 9.22. The standard InChI is InChI=1S/C20H27ClN4O2S/c1-3-25(4-2)28(26,27)19-8-9-20(22-15-19)24-12-10-23(11-13-24)16-17-6-5-7-18(21)14-17/h5-9,14-15H,3-4,10-13,16H2,1-2H3. The molecule has 6 nitrogen and oxygen atoms in total. The largest absolute Gasteiger partial charge is 0.354 e. The average Bonchev–Trinajstić information content (AvgIpc) is 2.69. The fraction of sp³-hybridized carbons (Fsp3) is 0.450. The molecule has 28 heavy (non-hydrogen) atoms. The van der Waals surface area contributed by atoms with Crippen LogP contribution in [0.4, 0.5) is 5.82 Å². The Morgan fingerprint density at radius 1 is 1.07 bits per heavy atom. The summed E-state index contributed by atoms with van der Waals surface area (Å²) >= 11 is 6.07. The highest BCUT2D eigenvalue weighted by Crippen LogP contribution is 2.20. The minimum absolute atomic E-state index is 0.250. The highest BCUT2D eigenvalue weighted by atomic mass is 35.5. The highest BCUT2D eigenvalue weighted by Gasteiger charge is 2.23. The van der Waals surface area contributed by atoms with Crippen LogP contribution < -0.4 is 4.90 Å². The second-order valence-electron chi connectivity index (χ2n) is 6.83. The van der Waals surface area contributed by atoms with Gasteiger partial charge in [0, 0.05) is 57.0 Å². The zero-order chi connectivity index (χ0) is 20.1. The molecule has 0 bridgehead atoms. The maximum absolute atomic E-state index is 12.6. The Morgan fingerprint density at radius 2 is 1.79 bits per heavy atom. The van der Waals surface area contributed by atoms with E-state index >= 15 is 0 Å². The van der Waals surface area contributed by atoms with Crippen LogP contribution in [0.15, 0.2) is 47.5 Å². The van der Waals surface area contributed by atoms with Gasteiger partial charge in [-0.05, 0) is 29.8 Å². The van der Waals surface area contributed by atoms with Crippen LogP contribution in [-0.2, 0) is 16.6 Å². The molecule has 8 heteroatoms. The zero-order valence-corrected chi connectivity index (χ0v) is 18.0. The number of nitrogens with zero attached hydrogens (tertiary/aromatic N) is 4. The van der Waals surface area contributed by atoms with Gasteiger partial charge in [-0.1, -0.05) is 37.6 Å². The molecule has 1 fully saturated rings. The molecule has 1 aliphatic rings. The Kier molecular flexibility index (Phi) is 6.93. The monoisotopic (exact) mass is 422 g/mol. The highest BCUT2D eigenvalue weighted by molar-refractivity contribution is 7.89. The van der Waals surface area contributed by atoms with Crippen molar-refractivity contribution < 1.29 is 8.42 Å². The lowest BCUT2D eigenvalue weighted by Crippen LogP contribution is -2.46. The fourth-order valence-electron chi connectivity index (χ4n) is 3.45. The average molecular weight is 423 g/mol. The quantitative estimate of drug-likeness (QED) is 0.686. The number of benzene rings is 1. The number of hydrogen-bond acceptors (Lipinski definition) is 5. The number of halogens is 1. The fourth-order valence-corrected chi connectivity index (χ4v) is 5.07. The van der Waals surface area contributed by atoms with Crippen LogP contribution in [-0.4, -0.2) is 61.9 Å². The zero-order valence-electron chi connectivity index (χ0n) is 16.4. The van der Waals surface area contributed by atoms with Crippen molar-refractivity contribution in [2.24, 2.45) is 0 Å². The van der Waals surface area contributed by atoms with Crippen molar-refractivity contribution in [1.29, 1.82) is 0 Å². The van der Waals surface area contributed by atoms with Crippen molar-refractivity contribution >= 4 is 27.4 Å². The Bertz CT molecular complexity index is 877. The van der Waals surface area contributed by atoms with Gasteiger partial charge in [-0.25, -0.2) is 13.4 Å². The molecule has 0 amide bonds. The molecule has 0 N–H and O–H groups in total. The molecule has 152 valence electrons. The van der Waals surface area contributed by atoms with Crippen LogP contribution in [0.25, 0.3) is 0 Å². The van der Waals surface area contributed by atoms with Gasteiger partial charge in [-0.2, -0.15) is 4.31 Å². The molecule has 3 rings (SSSR count). The van der Waals surface area contributed by atoms with E-state index < -0.39 is 10.0 Å². The van der Waals surface area contributed by atoms with Gasteiger partial charge in [0.1, 0.15) is 10.7 Å². The van der Waals surface area contributed by atoms with Crippen LogP contribution in [0.3, 0.4) is 0 Å². The Morgan fingerprint density at radius 3 is 2.36 bits per heavy atom. The van der Waals surface area contributed by atoms with E-state index in [0.717, 1.165) is 43.6 Å². The number of sulfonamides is 1. The molecule has 0 unspecified atom stereocenters. The van der Waals surface area contributed by atoms with Crippen molar-refractivity contribution in [2.75, 3.05) is 44.2 Å². The van der Waals surface area contributed by atoms with E-state index in [1.54, 1.807) is 6.07 Å². The molecule has 1 saturated heterocycles. The summed E-state index contributed by atoms with van der Waals surface area (Å²) in [5.41, 5.74) is 1.21. The summed E-state index contributed by atoms with van der Waals surface area (Å²) in [6.07, 6.45) is 1.47. The first-order chi connectivity index (χ1) is 13.4. The molecule has 0 aliphatic carbocycles. The van der Waals surface area contributed by atoms with Crippen molar-refractivity contribution in [2.45, 2.75) is 25.3 Å². The normalized spacial score (nSPS) is 15.9. The molecule has 0 saturated carbocycles. The molecule has 1 aromatic carbocycles. The first-order valence-electron chi connectivity index (χ1n) is 9.62. The lowest BCUT2D eigenvalue weighted by molar-refractivity contribution is 0.249. The lowest BCUT2D eigenvalue weighted by atomic mass is 10.2. The minimum Gasteiger partial charge on any atom is -0.354 e. The van der Waals surface area contributed by atoms with Crippen LogP contribution in [0, 0.1) is 0 Å². The van der Waals surface area contributed by atoms with E-state index in [4.69, 9.17) is 11.6 Å². The van der Waals surface area contributed by atoms with Gasteiger partial charge < -0.3 is 4.90 Å². The van der Waals surface area contributed by atoms with Crippen molar-refractivity contribution in [1.82, 2.24) is 14.2 Å². The molecule has 1 aliphatic heterocycles. The smallest absolute Gasteiger partial charge is 0.244 e. The van der Waals surface area contributed by atoms with Gasteiger partial charge in [0.25, 0.3) is 0 Å². The SMILES string of the molecule is CCN(CC)S(=O)(=O)c1ccc(N2CCN(Cc3cccc(Cl)c3)CC2)nc1. The van der Waals surface area contributed by atoms with Crippen molar-refractivity contribution in [3.63, 3.8) is 0 Å². The van der Waals surface area contributed by atoms with Gasteiger partial charge in [-0.15, -0.1) is 0 Å². The Labute approximate surface area is 172 Å².